The minimum Gasteiger partial charge on any atom is -0.330 e. The van der Waals surface area contributed by atoms with Crippen molar-refractivity contribution < 1.29 is 4.39 Å². The molecule has 1 aromatic carbocycles. The Kier molecular flexibility index (Phi) is 5.96. The Bertz CT molecular complexity index is 885. The van der Waals surface area contributed by atoms with Crippen molar-refractivity contribution in [2.24, 2.45) is 13.0 Å². The highest BCUT2D eigenvalue weighted by Crippen LogP contribution is 2.28. The lowest BCUT2D eigenvalue weighted by molar-refractivity contribution is 0.166. The summed E-state index contributed by atoms with van der Waals surface area (Å²) in [4.78, 5) is 7.44. The number of fused-ring (bicyclic) bond motifs is 1. The third-order valence-electron chi connectivity index (χ3n) is 6.56. The Morgan fingerprint density at radius 3 is 2.68 bits per heavy atom. The standard InChI is InChI=1S/C24H32FN3/c1-18-5-3-8-22-24(18)27(2)23(26-22)17-28-15-13-20(14-16-28)7-4-6-19-9-11-21(25)12-10-19/h3,5,8-9,11,20H,4,6-7,10,12-17H2,1-2H3. The first kappa shape index (κ1) is 19.4. The van der Waals surface area contributed by atoms with E-state index in [1.807, 2.05) is 6.08 Å². The molecule has 0 radical (unpaired) electrons. The van der Waals surface area contributed by atoms with Gasteiger partial charge in [0.25, 0.3) is 0 Å². The zero-order chi connectivity index (χ0) is 19.5. The van der Waals surface area contributed by atoms with Gasteiger partial charge in [-0.1, -0.05) is 30.2 Å². The highest BCUT2D eigenvalue weighted by atomic mass is 19.1. The second-order valence-corrected chi connectivity index (χ2v) is 8.58. The number of hydrogen-bond donors (Lipinski definition) is 0. The van der Waals surface area contributed by atoms with Gasteiger partial charge in [0.15, 0.2) is 0 Å². The summed E-state index contributed by atoms with van der Waals surface area (Å²) in [5.74, 6) is 2.05. The third-order valence-corrected chi connectivity index (χ3v) is 6.56. The van der Waals surface area contributed by atoms with E-state index < -0.39 is 0 Å². The van der Waals surface area contributed by atoms with E-state index in [1.54, 1.807) is 6.08 Å². The summed E-state index contributed by atoms with van der Waals surface area (Å²) in [6, 6.07) is 6.37. The van der Waals surface area contributed by atoms with Crippen LogP contribution in [-0.4, -0.2) is 27.5 Å². The fourth-order valence-corrected chi connectivity index (χ4v) is 4.77. The topological polar surface area (TPSA) is 21.1 Å². The van der Waals surface area contributed by atoms with Gasteiger partial charge >= 0.3 is 0 Å². The van der Waals surface area contributed by atoms with Gasteiger partial charge in [-0.15, -0.1) is 0 Å². The minimum absolute atomic E-state index is 0.0342. The van der Waals surface area contributed by atoms with Gasteiger partial charge in [0.2, 0.25) is 0 Å². The average Bonchev–Trinajstić information content (AvgIpc) is 3.01. The van der Waals surface area contributed by atoms with E-state index in [4.69, 9.17) is 4.98 Å². The van der Waals surface area contributed by atoms with Crippen LogP contribution in [0, 0.1) is 12.8 Å². The van der Waals surface area contributed by atoms with Crippen LogP contribution >= 0.6 is 0 Å². The zero-order valence-corrected chi connectivity index (χ0v) is 17.3. The largest absolute Gasteiger partial charge is 0.330 e. The molecule has 1 saturated heterocycles. The number of likely N-dealkylation sites (tertiary alicyclic amines) is 1. The number of benzene rings is 1. The molecule has 4 heteroatoms. The molecule has 0 bridgehead atoms. The number of rotatable bonds is 6. The molecular formula is C24H32FN3. The van der Waals surface area contributed by atoms with Crippen molar-refractivity contribution in [1.82, 2.24) is 14.5 Å². The van der Waals surface area contributed by atoms with Crippen LogP contribution in [0.1, 0.15) is 56.3 Å². The Hall–Kier alpha value is -1.94. The van der Waals surface area contributed by atoms with Crippen LogP contribution in [-0.2, 0) is 13.6 Å². The normalized spacial score (nSPS) is 19.1. The number of imidazole rings is 1. The monoisotopic (exact) mass is 381 g/mol. The number of allylic oxidation sites excluding steroid dienone is 4. The molecule has 2 heterocycles. The van der Waals surface area contributed by atoms with E-state index in [1.165, 1.54) is 61.3 Å². The lowest BCUT2D eigenvalue weighted by atomic mass is 9.89. The number of halogens is 1. The molecule has 1 aliphatic carbocycles. The number of piperidine rings is 1. The first-order valence-electron chi connectivity index (χ1n) is 10.8. The molecule has 0 atom stereocenters. The Morgan fingerprint density at radius 2 is 1.96 bits per heavy atom. The average molecular weight is 382 g/mol. The Balaban J connectivity index is 1.25. The van der Waals surface area contributed by atoms with Crippen LogP contribution in [0.2, 0.25) is 0 Å². The van der Waals surface area contributed by atoms with E-state index in [9.17, 15) is 4.39 Å². The van der Waals surface area contributed by atoms with Gasteiger partial charge in [-0.3, -0.25) is 4.90 Å². The predicted octanol–water partition coefficient (Wildman–Crippen LogP) is 5.84. The maximum absolute atomic E-state index is 13.1. The van der Waals surface area contributed by atoms with Gasteiger partial charge in [-0.25, -0.2) is 9.37 Å². The number of hydrogen-bond acceptors (Lipinski definition) is 2. The first-order valence-corrected chi connectivity index (χ1v) is 10.8. The fraction of sp³-hybridized carbons (Fsp3) is 0.542. The number of aryl methyl sites for hydroxylation is 2. The highest BCUT2D eigenvalue weighted by molar-refractivity contribution is 5.79. The van der Waals surface area contributed by atoms with Crippen LogP contribution in [0.5, 0.6) is 0 Å². The summed E-state index contributed by atoms with van der Waals surface area (Å²) in [5, 5.41) is 0. The van der Waals surface area contributed by atoms with Crippen molar-refractivity contribution >= 4 is 11.0 Å². The fourth-order valence-electron chi connectivity index (χ4n) is 4.77. The summed E-state index contributed by atoms with van der Waals surface area (Å²) in [6.07, 6.45) is 11.4. The van der Waals surface area contributed by atoms with Gasteiger partial charge in [0.1, 0.15) is 11.7 Å². The van der Waals surface area contributed by atoms with Crippen molar-refractivity contribution in [2.45, 2.75) is 58.4 Å². The van der Waals surface area contributed by atoms with Crippen molar-refractivity contribution in [2.75, 3.05) is 13.1 Å². The van der Waals surface area contributed by atoms with Gasteiger partial charge in [-0.2, -0.15) is 0 Å². The smallest absolute Gasteiger partial charge is 0.123 e. The van der Waals surface area contributed by atoms with Crippen molar-refractivity contribution in [3.8, 4) is 0 Å². The molecule has 2 aromatic rings. The molecule has 0 N–H and O–H groups in total. The van der Waals surface area contributed by atoms with Crippen LogP contribution in [0.4, 0.5) is 4.39 Å². The quantitative estimate of drug-likeness (QED) is 0.627. The predicted molar refractivity (Wildman–Crippen MR) is 114 cm³/mol. The molecule has 1 aliphatic heterocycles. The third kappa shape index (κ3) is 4.38. The number of nitrogens with zero attached hydrogens (tertiary/aromatic N) is 3. The first-order chi connectivity index (χ1) is 13.6. The van der Waals surface area contributed by atoms with Gasteiger partial charge in [0.05, 0.1) is 17.6 Å². The molecule has 0 saturated carbocycles. The molecule has 0 amide bonds. The van der Waals surface area contributed by atoms with Crippen LogP contribution in [0.15, 0.2) is 41.8 Å². The summed E-state index contributed by atoms with van der Waals surface area (Å²) in [5.41, 5.74) is 5.10. The number of para-hydroxylation sites is 1. The van der Waals surface area contributed by atoms with Crippen molar-refractivity contribution in [1.29, 1.82) is 0 Å². The van der Waals surface area contributed by atoms with E-state index in [0.29, 0.717) is 6.42 Å². The van der Waals surface area contributed by atoms with E-state index in [-0.39, 0.29) is 5.83 Å². The van der Waals surface area contributed by atoms with E-state index in [2.05, 4.69) is 41.6 Å². The maximum atomic E-state index is 13.1. The molecular weight excluding hydrogens is 349 g/mol. The van der Waals surface area contributed by atoms with Crippen LogP contribution < -0.4 is 0 Å². The summed E-state index contributed by atoms with van der Waals surface area (Å²) < 4.78 is 15.3. The SMILES string of the molecule is Cc1cccc2nc(CN3CCC(CCCC4=CC=C(F)CC4)CC3)n(C)c12. The van der Waals surface area contributed by atoms with E-state index in [0.717, 1.165) is 30.8 Å². The summed E-state index contributed by atoms with van der Waals surface area (Å²) in [7, 11) is 2.14. The lowest BCUT2D eigenvalue weighted by Crippen LogP contribution is -2.34. The second kappa shape index (κ2) is 8.60. The maximum Gasteiger partial charge on any atom is 0.123 e. The highest BCUT2D eigenvalue weighted by Gasteiger charge is 2.21. The Labute approximate surface area is 167 Å². The molecule has 0 spiro atoms. The molecule has 0 unspecified atom stereocenters. The molecule has 1 fully saturated rings. The van der Waals surface area contributed by atoms with Crippen LogP contribution in [0.25, 0.3) is 11.0 Å². The molecule has 2 aliphatic rings. The molecule has 3 nitrogen and oxygen atoms in total. The summed E-state index contributed by atoms with van der Waals surface area (Å²) >= 11 is 0. The lowest BCUT2D eigenvalue weighted by Gasteiger charge is -2.31. The second-order valence-electron chi connectivity index (χ2n) is 8.58. The van der Waals surface area contributed by atoms with Crippen LogP contribution in [0.3, 0.4) is 0 Å². The molecule has 28 heavy (non-hydrogen) atoms. The van der Waals surface area contributed by atoms with Gasteiger partial charge in [0, 0.05) is 13.5 Å². The van der Waals surface area contributed by atoms with E-state index >= 15 is 0 Å². The Morgan fingerprint density at radius 1 is 1.14 bits per heavy atom. The van der Waals surface area contributed by atoms with Gasteiger partial charge < -0.3 is 4.57 Å². The zero-order valence-electron chi connectivity index (χ0n) is 17.3. The number of aromatic nitrogens is 2. The molecule has 150 valence electrons. The molecule has 4 rings (SSSR count). The van der Waals surface area contributed by atoms with Crippen molar-refractivity contribution in [3.63, 3.8) is 0 Å². The minimum atomic E-state index is 0.0342. The van der Waals surface area contributed by atoms with Gasteiger partial charge in [-0.05, 0) is 75.7 Å². The molecule has 1 aromatic heterocycles. The summed E-state index contributed by atoms with van der Waals surface area (Å²) in [6.45, 7) is 5.45. The van der Waals surface area contributed by atoms with Crippen molar-refractivity contribution in [3.05, 3.63) is 53.1 Å².